The topological polar surface area (TPSA) is 110 Å². The summed E-state index contributed by atoms with van der Waals surface area (Å²) in [5, 5.41) is 7.04. The van der Waals surface area contributed by atoms with E-state index in [4.69, 9.17) is 9.15 Å². The Kier molecular flexibility index (Phi) is 7.94. The predicted octanol–water partition coefficient (Wildman–Crippen LogP) is 5.93. The number of carbonyl (C=O) groups is 3. The second kappa shape index (κ2) is 11.6. The van der Waals surface area contributed by atoms with E-state index >= 15 is 0 Å². The van der Waals surface area contributed by atoms with E-state index in [1.54, 1.807) is 37.8 Å². The summed E-state index contributed by atoms with van der Waals surface area (Å²) in [5.41, 5.74) is 1.79. The Hall–Kier alpha value is -4.44. The Morgan fingerprint density at radius 3 is 2.34 bits per heavy atom. The minimum atomic E-state index is -0.787. The van der Waals surface area contributed by atoms with Crippen LogP contribution in [0.1, 0.15) is 67.0 Å². The van der Waals surface area contributed by atoms with Crippen LogP contribution in [0.2, 0.25) is 0 Å². The Balaban J connectivity index is 1.44. The minimum Gasteiger partial charge on any atom is -0.445 e. The molecule has 10 nitrogen and oxygen atoms in total. The number of carbonyl (C=O) groups excluding carboxylic acids is 3. The average Bonchev–Trinajstić information content (AvgIpc) is 3.68. The molecule has 0 unspecified atom stereocenters. The van der Waals surface area contributed by atoms with E-state index in [9.17, 15) is 14.4 Å². The molecule has 0 atom stereocenters. The number of likely N-dealkylation sites (tertiary alicyclic amines) is 1. The van der Waals surface area contributed by atoms with Crippen LogP contribution >= 0.6 is 0 Å². The quantitative estimate of drug-likeness (QED) is 0.300. The molecule has 2 aromatic carbocycles. The number of ether oxygens (including phenoxy) is 1. The first kappa shape index (κ1) is 28.1. The zero-order chi connectivity index (χ0) is 29.1. The number of fused-ring (bicyclic) bond motifs is 1. The molecule has 214 valence electrons. The fourth-order valence-corrected chi connectivity index (χ4v) is 4.86. The monoisotopic (exact) mass is 557 g/mol. The van der Waals surface area contributed by atoms with Gasteiger partial charge in [0.15, 0.2) is 17.2 Å². The van der Waals surface area contributed by atoms with E-state index in [-0.39, 0.29) is 22.7 Å². The van der Waals surface area contributed by atoms with Crippen LogP contribution in [0.15, 0.2) is 65.1 Å². The van der Waals surface area contributed by atoms with Crippen molar-refractivity contribution < 1.29 is 23.5 Å². The second-order valence-corrected chi connectivity index (χ2v) is 11.1. The van der Waals surface area contributed by atoms with Gasteiger partial charge in [0.2, 0.25) is 0 Å². The van der Waals surface area contributed by atoms with E-state index in [0.717, 1.165) is 29.9 Å². The molecule has 1 aliphatic heterocycles. The molecule has 1 fully saturated rings. The number of rotatable bonds is 7. The highest BCUT2D eigenvalue weighted by Crippen LogP contribution is 2.30. The molecule has 1 saturated heterocycles. The van der Waals surface area contributed by atoms with Gasteiger partial charge in [-0.15, -0.1) is 5.10 Å². The van der Waals surface area contributed by atoms with Gasteiger partial charge in [-0.2, -0.15) is 4.68 Å². The Labute approximate surface area is 238 Å². The molecular formula is C31H35N5O5. The molecule has 2 aromatic heterocycles. The van der Waals surface area contributed by atoms with Crippen molar-refractivity contribution in [3.8, 4) is 0 Å². The normalized spacial score (nSPS) is 13.9. The number of benzene rings is 2. The lowest BCUT2D eigenvalue weighted by molar-refractivity contribution is 0.0522. The summed E-state index contributed by atoms with van der Waals surface area (Å²) in [6.45, 7) is 10.5. The second-order valence-electron chi connectivity index (χ2n) is 11.1. The molecule has 0 bridgehead atoms. The van der Waals surface area contributed by atoms with Crippen LogP contribution in [-0.2, 0) is 11.3 Å². The lowest BCUT2D eigenvalue weighted by atomic mass is 10.1. The molecule has 10 heteroatoms. The van der Waals surface area contributed by atoms with Gasteiger partial charge in [-0.25, -0.2) is 4.79 Å². The van der Waals surface area contributed by atoms with Crippen molar-refractivity contribution in [3.63, 3.8) is 0 Å². The van der Waals surface area contributed by atoms with Gasteiger partial charge in [-0.3, -0.25) is 14.5 Å². The summed E-state index contributed by atoms with van der Waals surface area (Å²) in [5.74, 6) is -0.797. The molecular weight excluding hydrogens is 522 g/mol. The van der Waals surface area contributed by atoms with Gasteiger partial charge in [-0.05, 0) is 83.5 Å². The molecule has 2 amide bonds. The Morgan fingerprint density at radius 1 is 1.02 bits per heavy atom. The van der Waals surface area contributed by atoms with E-state index in [1.165, 1.54) is 18.9 Å². The first-order valence-electron chi connectivity index (χ1n) is 13.9. The molecule has 0 saturated carbocycles. The van der Waals surface area contributed by atoms with E-state index in [0.29, 0.717) is 17.8 Å². The third-order valence-electron chi connectivity index (χ3n) is 6.82. The maximum absolute atomic E-state index is 13.5. The Bertz CT molecular complexity index is 1540. The molecule has 1 N–H and O–H groups in total. The maximum atomic E-state index is 13.5. The first-order valence-corrected chi connectivity index (χ1v) is 13.9. The van der Waals surface area contributed by atoms with Crippen LogP contribution < -0.4 is 10.2 Å². The van der Waals surface area contributed by atoms with Crippen molar-refractivity contribution in [1.29, 1.82) is 0 Å². The predicted molar refractivity (Wildman–Crippen MR) is 156 cm³/mol. The third kappa shape index (κ3) is 6.33. The molecule has 0 radical (unpaired) electrons. The molecule has 0 spiro atoms. The van der Waals surface area contributed by atoms with Crippen molar-refractivity contribution in [2.75, 3.05) is 29.9 Å². The third-order valence-corrected chi connectivity index (χ3v) is 6.82. The van der Waals surface area contributed by atoms with Gasteiger partial charge < -0.3 is 19.4 Å². The first-order chi connectivity index (χ1) is 19.6. The summed E-state index contributed by atoms with van der Waals surface area (Å²) >= 11 is 0. The van der Waals surface area contributed by atoms with Crippen LogP contribution in [0.25, 0.3) is 11.1 Å². The van der Waals surface area contributed by atoms with Crippen molar-refractivity contribution in [1.82, 2.24) is 14.7 Å². The lowest BCUT2D eigenvalue weighted by Gasteiger charge is -2.19. The van der Waals surface area contributed by atoms with Crippen molar-refractivity contribution in [2.24, 2.45) is 0 Å². The number of furan rings is 1. The molecule has 0 aliphatic carbocycles. The van der Waals surface area contributed by atoms with Gasteiger partial charge in [0.25, 0.3) is 11.8 Å². The van der Waals surface area contributed by atoms with E-state index in [1.807, 2.05) is 49.4 Å². The van der Waals surface area contributed by atoms with Crippen LogP contribution in [0.4, 0.5) is 16.3 Å². The summed E-state index contributed by atoms with van der Waals surface area (Å²) in [7, 11) is 0. The van der Waals surface area contributed by atoms with Gasteiger partial charge in [0.1, 0.15) is 11.1 Å². The number of amides is 2. The standard InChI is InChI=1S/C31H35N5O5/c1-5-35(23-11-7-6-8-12-23)29(38)25-19-24-26(40-25)27(33-36(24)30(39)41-31(2,3)4)32-28(37)22-15-13-21(14-16-22)20-34-17-9-10-18-34/h6-8,11-16,19H,5,9-10,17-18,20H2,1-4H3,(H,32,33,37). The van der Waals surface area contributed by atoms with Gasteiger partial charge in [-0.1, -0.05) is 30.3 Å². The van der Waals surface area contributed by atoms with Crippen LogP contribution in [-0.4, -0.2) is 57.8 Å². The molecule has 3 heterocycles. The van der Waals surface area contributed by atoms with E-state index < -0.39 is 23.5 Å². The van der Waals surface area contributed by atoms with Crippen molar-refractivity contribution >= 4 is 40.5 Å². The number of nitrogens with zero attached hydrogens (tertiary/aromatic N) is 4. The van der Waals surface area contributed by atoms with Crippen LogP contribution in [0, 0.1) is 0 Å². The zero-order valence-electron chi connectivity index (χ0n) is 23.8. The minimum absolute atomic E-state index is 0.00202. The van der Waals surface area contributed by atoms with Crippen LogP contribution in [0.3, 0.4) is 0 Å². The smallest absolute Gasteiger partial charge is 0.435 e. The van der Waals surface area contributed by atoms with Crippen LogP contribution in [0.5, 0.6) is 0 Å². The molecule has 1 aliphatic rings. The molecule has 5 rings (SSSR count). The summed E-state index contributed by atoms with van der Waals surface area (Å²) in [6.07, 6.45) is 1.67. The fraction of sp³-hybridized carbons (Fsp3) is 0.355. The highest BCUT2D eigenvalue weighted by molar-refractivity contribution is 6.10. The number of aromatic nitrogens is 2. The fourth-order valence-electron chi connectivity index (χ4n) is 4.86. The summed E-state index contributed by atoms with van der Waals surface area (Å²) < 4.78 is 12.5. The van der Waals surface area contributed by atoms with Crippen molar-refractivity contribution in [2.45, 2.75) is 52.7 Å². The number of hydrogen-bond acceptors (Lipinski definition) is 7. The maximum Gasteiger partial charge on any atom is 0.435 e. The van der Waals surface area contributed by atoms with Gasteiger partial charge in [0.05, 0.1) is 0 Å². The number of anilines is 2. The zero-order valence-corrected chi connectivity index (χ0v) is 23.8. The highest BCUT2D eigenvalue weighted by Gasteiger charge is 2.29. The number of nitrogens with one attached hydrogen (secondary N) is 1. The summed E-state index contributed by atoms with van der Waals surface area (Å²) in [6, 6.07) is 18.1. The number of hydrogen-bond donors (Lipinski definition) is 1. The summed E-state index contributed by atoms with van der Waals surface area (Å²) in [4.78, 5) is 43.6. The van der Waals surface area contributed by atoms with Crippen molar-refractivity contribution in [3.05, 3.63) is 77.6 Å². The molecule has 41 heavy (non-hydrogen) atoms. The lowest BCUT2D eigenvalue weighted by Crippen LogP contribution is -2.30. The highest BCUT2D eigenvalue weighted by atomic mass is 16.6. The Morgan fingerprint density at radius 2 is 1.71 bits per heavy atom. The SMILES string of the molecule is CCN(C(=O)c1cc2c(o1)c(NC(=O)c1ccc(CN3CCCC3)cc1)nn2C(=O)OC(C)(C)C)c1ccccc1. The largest absolute Gasteiger partial charge is 0.445 e. The van der Waals surface area contributed by atoms with Gasteiger partial charge >= 0.3 is 6.09 Å². The number of para-hydroxylation sites is 1. The molecule has 4 aromatic rings. The van der Waals surface area contributed by atoms with Gasteiger partial charge in [0, 0.05) is 30.4 Å². The average molecular weight is 558 g/mol. The van der Waals surface area contributed by atoms with E-state index in [2.05, 4.69) is 15.3 Å².